The SMILES string of the molecule is Cc1cc(C)cc(Nc2nc3cc(Oc4ccnc(N(C)C=O)c4)ccc3n2C)c1. The van der Waals surface area contributed by atoms with Crippen molar-refractivity contribution in [3.05, 3.63) is 65.9 Å². The van der Waals surface area contributed by atoms with E-state index in [0.29, 0.717) is 23.7 Å². The van der Waals surface area contributed by atoms with Crippen molar-refractivity contribution in [2.24, 2.45) is 7.05 Å². The quantitative estimate of drug-likeness (QED) is 0.474. The zero-order chi connectivity index (χ0) is 21.3. The third-order valence-electron chi connectivity index (χ3n) is 4.80. The monoisotopic (exact) mass is 401 g/mol. The molecule has 7 heteroatoms. The van der Waals surface area contributed by atoms with Crippen LogP contribution < -0.4 is 15.0 Å². The molecule has 0 aliphatic carbocycles. The molecule has 0 atom stereocenters. The van der Waals surface area contributed by atoms with E-state index in [1.807, 2.05) is 29.8 Å². The predicted octanol–water partition coefficient (Wildman–Crippen LogP) is 4.71. The van der Waals surface area contributed by atoms with Crippen LogP contribution in [0.4, 0.5) is 17.5 Å². The van der Waals surface area contributed by atoms with Crippen LogP contribution in [-0.2, 0) is 11.8 Å². The summed E-state index contributed by atoms with van der Waals surface area (Å²) in [5.41, 5.74) is 5.21. The molecule has 0 saturated carbocycles. The highest BCUT2D eigenvalue weighted by molar-refractivity contribution is 5.81. The lowest BCUT2D eigenvalue weighted by atomic mass is 10.1. The highest BCUT2D eigenvalue weighted by Gasteiger charge is 2.11. The Labute approximate surface area is 174 Å². The van der Waals surface area contributed by atoms with Crippen LogP contribution in [0.15, 0.2) is 54.7 Å². The molecule has 30 heavy (non-hydrogen) atoms. The van der Waals surface area contributed by atoms with Crippen LogP contribution in [0.25, 0.3) is 11.0 Å². The minimum absolute atomic E-state index is 0.515. The number of ether oxygens (including phenoxy) is 1. The molecule has 1 amide bonds. The predicted molar refractivity (Wildman–Crippen MR) is 119 cm³/mol. The van der Waals surface area contributed by atoms with E-state index >= 15 is 0 Å². The molecule has 0 radical (unpaired) electrons. The van der Waals surface area contributed by atoms with Gasteiger partial charge in [-0.1, -0.05) is 6.07 Å². The van der Waals surface area contributed by atoms with Gasteiger partial charge in [-0.15, -0.1) is 0 Å². The van der Waals surface area contributed by atoms with Crippen LogP contribution in [-0.4, -0.2) is 28.0 Å². The van der Waals surface area contributed by atoms with E-state index in [0.717, 1.165) is 22.7 Å². The Balaban J connectivity index is 1.61. The third-order valence-corrected chi connectivity index (χ3v) is 4.80. The number of nitrogens with zero attached hydrogens (tertiary/aromatic N) is 4. The van der Waals surface area contributed by atoms with Gasteiger partial charge in [0.2, 0.25) is 12.4 Å². The van der Waals surface area contributed by atoms with Gasteiger partial charge >= 0.3 is 0 Å². The molecular weight excluding hydrogens is 378 g/mol. The standard InChI is InChI=1S/C23H23N5O2/c1-15-9-16(2)11-17(10-15)25-23-26-20-12-18(5-6-21(20)28(23)4)30-19-7-8-24-22(13-19)27(3)14-29/h5-14H,1-4H3,(H,25,26). The van der Waals surface area contributed by atoms with Gasteiger partial charge in [-0.3, -0.25) is 4.79 Å². The lowest BCUT2D eigenvalue weighted by Crippen LogP contribution is -2.14. The van der Waals surface area contributed by atoms with E-state index in [1.54, 1.807) is 25.4 Å². The van der Waals surface area contributed by atoms with Crippen LogP contribution in [0.2, 0.25) is 0 Å². The molecule has 0 unspecified atom stereocenters. The minimum Gasteiger partial charge on any atom is -0.457 e. The second kappa shape index (κ2) is 7.87. The molecule has 2 heterocycles. The second-order valence-electron chi connectivity index (χ2n) is 7.31. The van der Waals surface area contributed by atoms with E-state index < -0.39 is 0 Å². The number of aryl methyl sites for hydroxylation is 3. The third kappa shape index (κ3) is 3.96. The number of benzene rings is 2. The molecule has 0 aliphatic rings. The van der Waals surface area contributed by atoms with Crippen molar-refractivity contribution < 1.29 is 9.53 Å². The zero-order valence-corrected chi connectivity index (χ0v) is 17.4. The van der Waals surface area contributed by atoms with Gasteiger partial charge in [-0.2, -0.15) is 0 Å². The van der Waals surface area contributed by atoms with E-state index in [9.17, 15) is 4.79 Å². The van der Waals surface area contributed by atoms with Crippen LogP contribution in [0.5, 0.6) is 11.5 Å². The first-order chi connectivity index (χ1) is 14.4. The van der Waals surface area contributed by atoms with Gasteiger partial charge in [0.25, 0.3) is 0 Å². The summed E-state index contributed by atoms with van der Waals surface area (Å²) in [7, 11) is 3.62. The Morgan fingerprint density at radius 3 is 2.50 bits per heavy atom. The number of nitrogens with one attached hydrogen (secondary N) is 1. The molecule has 4 rings (SSSR count). The number of amides is 1. The van der Waals surface area contributed by atoms with Gasteiger partial charge < -0.3 is 19.5 Å². The van der Waals surface area contributed by atoms with E-state index in [1.165, 1.54) is 16.0 Å². The molecule has 0 aliphatic heterocycles. The van der Waals surface area contributed by atoms with Crippen molar-refractivity contribution >= 4 is 34.9 Å². The first-order valence-electron chi connectivity index (χ1n) is 9.57. The molecule has 1 N–H and O–H groups in total. The van der Waals surface area contributed by atoms with Crippen molar-refractivity contribution in [1.29, 1.82) is 0 Å². The Morgan fingerprint density at radius 1 is 1.03 bits per heavy atom. The lowest BCUT2D eigenvalue weighted by Gasteiger charge is -2.11. The summed E-state index contributed by atoms with van der Waals surface area (Å²) in [5, 5.41) is 3.40. The maximum absolute atomic E-state index is 11.0. The first kappa shape index (κ1) is 19.4. The van der Waals surface area contributed by atoms with Crippen molar-refractivity contribution in [2.45, 2.75) is 13.8 Å². The molecule has 0 bridgehead atoms. The number of fused-ring (bicyclic) bond motifs is 1. The van der Waals surface area contributed by atoms with Gasteiger partial charge in [-0.25, -0.2) is 9.97 Å². The molecule has 7 nitrogen and oxygen atoms in total. The summed E-state index contributed by atoms with van der Waals surface area (Å²) in [5.74, 6) is 2.52. The van der Waals surface area contributed by atoms with Crippen molar-refractivity contribution in [1.82, 2.24) is 14.5 Å². The molecule has 152 valence electrons. The summed E-state index contributed by atoms with van der Waals surface area (Å²) >= 11 is 0. The Hall–Kier alpha value is -3.87. The number of hydrogen-bond donors (Lipinski definition) is 1. The fraction of sp³-hybridized carbons (Fsp3) is 0.174. The van der Waals surface area contributed by atoms with Crippen LogP contribution >= 0.6 is 0 Å². The lowest BCUT2D eigenvalue weighted by molar-refractivity contribution is -0.107. The highest BCUT2D eigenvalue weighted by atomic mass is 16.5. The number of carbonyl (C=O) groups is 1. The fourth-order valence-electron chi connectivity index (χ4n) is 3.38. The van der Waals surface area contributed by atoms with Crippen molar-refractivity contribution in [3.63, 3.8) is 0 Å². The van der Waals surface area contributed by atoms with Gasteiger partial charge in [0, 0.05) is 38.1 Å². The number of hydrogen-bond acceptors (Lipinski definition) is 5. The Bertz CT molecular complexity index is 1210. The number of imidazole rings is 1. The summed E-state index contributed by atoms with van der Waals surface area (Å²) in [6.45, 7) is 4.15. The van der Waals surface area contributed by atoms with Gasteiger partial charge in [0.1, 0.15) is 17.3 Å². The molecule has 2 aromatic carbocycles. The summed E-state index contributed by atoms with van der Waals surface area (Å²) in [4.78, 5) is 21.2. The largest absolute Gasteiger partial charge is 0.457 e. The first-order valence-corrected chi connectivity index (χ1v) is 9.57. The molecular formula is C23H23N5O2. The maximum Gasteiger partial charge on any atom is 0.215 e. The van der Waals surface area contributed by atoms with E-state index in [2.05, 4.69) is 42.3 Å². The topological polar surface area (TPSA) is 72.3 Å². The van der Waals surface area contributed by atoms with Crippen LogP contribution in [0.3, 0.4) is 0 Å². The van der Waals surface area contributed by atoms with Crippen LogP contribution in [0.1, 0.15) is 11.1 Å². The van der Waals surface area contributed by atoms with Gasteiger partial charge in [-0.05, 0) is 55.3 Å². The summed E-state index contributed by atoms with van der Waals surface area (Å²) in [6, 6.07) is 15.6. The smallest absolute Gasteiger partial charge is 0.215 e. The number of aromatic nitrogens is 3. The minimum atomic E-state index is 0.515. The zero-order valence-electron chi connectivity index (χ0n) is 17.4. The Morgan fingerprint density at radius 2 is 1.77 bits per heavy atom. The normalized spacial score (nSPS) is 10.8. The van der Waals surface area contributed by atoms with E-state index in [-0.39, 0.29) is 0 Å². The average molecular weight is 401 g/mol. The number of pyridine rings is 1. The molecule has 0 spiro atoms. The summed E-state index contributed by atoms with van der Waals surface area (Å²) in [6.07, 6.45) is 2.31. The molecule has 2 aromatic heterocycles. The van der Waals surface area contributed by atoms with Crippen molar-refractivity contribution in [3.8, 4) is 11.5 Å². The van der Waals surface area contributed by atoms with Gasteiger partial charge in [0.05, 0.1) is 11.0 Å². The number of anilines is 3. The molecule has 4 aromatic rings. The average Bonchev–Trinajstić information content (AvgIpc) is 3.01. The highest BCUT2D eigenvalue weighted by Crippen LogP contribution is 2.29. The Kier molecular flexibility index (Phi) is 5.10. The summed E-state index contributed by atoms with van der Waals surface area (Å²) < 4.78 is 7.98. The van der Waals surface area contributed by atoms with E-state index in [4.69, 9.17) is 9.72 Å². The number of carbonyl (C=O) groups excluding carboxylic acids is 1. The maximum atomic E-state index is 11.0. The second-order valence-corrected chi connectivity index (χ2v) is 7.31. The molecule has 0 fully saturated rings. The number of rotatable bonds is 6. The van der Waals surface area contributed by atoms with Gasteiger partial charge in [0.15, 0.2) is 0 Å². The van der Waals surface area contributed by atoms with Crippen LogP contribution in [0, 0.1) is 13.8 Å². The molecule has 0 saturated heterocycles. The fourth-order valence-corrected chi connectivity index (χ4v) is 3.38. The van der Waals surface area contributed by atoms with Crippen molar-refractivity contribution in [2.75, 3.05) is 17.3 Å².